The minimum Gasteiger partial charge on any atom is -0.494 e. The lowest BCUT2D eigenvalue weighted by Crippen LogP contribution is -2.12. The first kappa shape index (κ1) is 22.3. The van der Waals surface area contributed by atoms with Crippen molar-refractivity contribution in [2.75, 3.05) is 11.3 Å². The van der Waals surface area contributed by atoms with Crippen LogP contribution in [0.4, 0.5) is 5.69 Å². The van der Waals surface area contributed by atoms with Crippen molar-refractivity contribution in [3.63, 3.8) is 0 Å². The third-order valence-corrected chi connectivity index (χ3v) is 6.04. The van der Waals surface area contributed by atoms with E-state index in [2.05, 4.69) is 19.7 Å². The van der Waals surface area contributed by atoms with Crippen LogP contribution in [0, 0.1) is 13.8 Å². The van der Waals surface area contributed by atoms with E-state index in [9.17, 15) is 8.42 Å². The van der Waals surface area contributed by atoms with E-state index in [1.165, 1.54) is 12.1 Å². The maximum absolute atomic E-state index is 12.7. The molecule has 2 aromatic heterocycles. The Balaban J connectivity index is 1.48. The van der Waals surface area contributed by atoms with Gasteiger partial charge in [0.2, 0.25) is 5.88 Å². The van der Waals surface area contributed by atoms with E-state index >= 15 is 0 Å². The third kappa shape index (κ3) is 5.29. The van der Waals surface area contributed by atoms with E-state index in [1.807, 2.05) is 24.6 Å². The van der Waals surface area contributed by atoms with Crippen molar-refractivity contribution in [3.8, 4) is 23.2 Å². The summed E-state index contributed by atoms with van der Waals surface area (Å²) in [5, 5.41) is 0. The Kier molecular flexibility index (Phi) is 6.27. The van der Waals surface area contributed by atoms with E-state index in [0.29, 0.717) is 41.3 Å². The summed E-state index contributed by atoms with van der Waals surface area (Å²) in [6, 6.07) is 14.5. The molecule has 170 valence electrons. The minimum absolute atomic E-state index is 0.144. The van der Waals surface area contributed by atoms with Gasteiger partial charge in [-0.25, -0.2) is 18.4 Å². The number of aryl methyl sites for hydroxylation is 2. The lowest BCUT2D eigenvalue weighted by atomic mass is 10.3. The molecule has 0 fully saturated rings. The van der Waals surface area contributed by atoms with Crippen LogP contribution in [-0.2, 0) is 10.0 Å². The first-order chi connectivity index (χ1) is 15.8. The molecule has 4 rings (SSSR count). The van der Waals surface area contributed by atoms with Crippen LogP contribution in [0.1, 0.15) is 18.6 Å². The van der Waals surface area contributed by atoms with Gasteiger partial charge in [0.25, 0.3) is 10.0 Å². The minimum atomic E-state index is -3.73. The second-order valence-corrected chi connectivity index (χ2v) is 8.77. The predicted octanol–water partition coefficient (Wildman–Crippen LogP) is 4.27. The van der Waals surface area contributed by atoms with Crippen molar-refractivity contribution in [1.82, 2.24) is 19.5 Å². The maximum atomic E-state index is 12.7. The summed E-state index contributed by atoms with van der Waals surface area (Å²) in [4.78, 5) is 13.1. The monoisotopic (exact) mass is 465 g/mol. The fourth-order valence-electron chi connectivity index (χ4n) is 3.13. The number of sulfonamides is 1. The molecule has 0 aliphatic heterocycles. The van der Waals surface area contributed by atoms with Gasteiger partial charge in [-0.1, -0.05) is 0 Å². The van der Waals surface area contributed by atoms with Crippen molar-refractivity contribution in [1.29, 1.82) is 0 Å². The molecule has 0 saturated heterocycles. The molecule has 2 aromatic carbocycles. The van der Waals surface area contributed by atoms with Crippen molar-refractivity contribution < 1.29 is 17.9 Å². The van der Waals surface area contributed by atoms with Crippen LogP contribution in [0.5, 0.6) is 17.4 Å². The summed E-state index contributed by atoms with van der Waals surface area (Å²) >= 11 is 0. The van der Waals surface area contributed by atoms with Gasteiger partial charge in [0, 0.05) is 24.1 Å². The predicted molar refractivity (Wildman–Crippen MR) is 124 cm³/mol. The van der Waals surface area contributed by atoms with Gasteiger partial charge in [0.05, 0.1) is 11.5 Å². The average Bonchev–Trinajstić information content (AvgIpc) is 3.21. The van der Waals surface area contributed by atoms with Crippen LogP contribution in [0.3, 0.4) is 0 Å². The fraction of sp³-hybridized carbons (Fsp3) is 0.174. The summed E-state index contributed by atoms with van der Waals surface area (Å²) < 4.78 is 40.9. The van der Waals surface area contributed by atoms with Crippen LogP contribution in [0.25, 0.3) is 5.82 Å². The summed E-state index contributed by atoms with van der Waals surface area (Å²) in [6.45, 7) is 6.04. The van der Waals surface area contributed by atoms with Crippen LogP contribution < -0.4 is 14.2 Å². The highest BCUT2D eigenvalue weighted by atomic mass is 32.2. The summed E-state index contributed by atoms with van der Waals surface area (Å²) in [5.41, 5.74) is 0.407. The normalized spacial score (nSPS) is 11.2. The van der Waals surface area contributed by atoms with Gasteiger partial charge >= 0.3 is 0 Å². The van der Waals surface area contributed by atoms with E-state index in [1.54, 1.807) is 55.6 Å². The molecular formula is C23H23N5O4S. The lowest BCUT2D eigenvalue weighted by molar-refractivity contribution is 0.340. The number of hydrogen-bond donors (Lipinski definition) is 1. The number of anilines is 1. The van der Waals surface area contributed by atoms with Crippen LogP contribution in [0.2, 0.25) is 0 Å². The van der Waals surface area contributed by atoms with Crippen LogP contribution in [-0.4, -0.2) is 34.5 Å². The lowest BCUT2D eigenvalue weighted by Gasteiger charge is -2.11. The molecule has 0 radical (unpaired) electrons. The van der Waals surface area contributed by atoms with E-state index in [0.717, 1.165) is 5.82 Å². The molecule has 4 aromatic rings. The number of imidazole rings is 1. The summed E-state index contributed by atoms with van der Waals surface area (Å²) in [6.07, 6.45) is 3.51. The smallest absolute Gasteiger partial charge is 0.261 e. The highest BCUT2D eigenvalue weighted by molar-refractivity contribution is 7.92. The molecule has 0 saturated carbocycles. The molecule has 10 heteroatoms. The number of hydrogen-bond acceptors (Lipinski definition) is 7. The standard InChI is InChI=1S/C23H23N5O4S/c1-4-31-19-9-11-21(12-10-19)33(29,30)27-18-5-7-20(8-6-18)32-23-15-22(25-16(2)26-23)28-14-13-24-17(28)3/h5-15,27H,4H2,1-3H3. The van der Waals surface area contributed by atoms with E-state index < -0.39 is 10.0 Å². The Morgan fingerprint density at radius 1 is 0.970 bits per heavy atom. The Labute approximate surface area is 192 Å². The molecule has 0 aliphatic carbocycles. The zero-order valence-electron chi connectivity index (χ0n) is 18.4. The molecule has 33 heavy (non-hydrogen) atoms. The molecule has 0 bridgehead atoms. The number of nitrogens with one attached hydrogen (secondary N) is 1. The van der Waals surface area contributed by atoms with Crippen molar-refractivity contribution in [2.45, 2.75) is 25.7 Å². The van der Waals surface area contributed by atoms with E-state index in [4.69, 9.17) is 9.47 Å². The summed E-state index contributed by atoms with van der Waals surface area (Å²) in [7, 11) is -3.73. The third-order valence-electron chi connectivity index (χ3n) is 4.65. The molecule has 0 aliphatic rings. The number of ether oxygens (including phenoxy) is 2. The second-order valence-electron chi connectivity index (χ2n) is 7.09. The average molecular weight is 466 g/mol. The molecule has 2 heterocycles. The Morgan fingerprint density at radius 2 is 1.67 bits per heavy atom. The Bertz CT molecular complexity index is 1350. The first-order valence-electron chi connectivity index (χ1n) is 10.2. The van der Waals surface area contributed by atoms with Gasteiger partial charge < -0.3 is 9.47 Å². The number of nitrogens with zero attached hydrogens (tertiary/aromatic N) is 4. The Hall–Kier alpha value is -3.92. The zero-order valence-corrected chi connectivity index (χ0v) is 19.2. The highest BCUT2D eigenvalue weighted by Gasteiger charge is 2.15. The highest BCUT2D eigenvalue weighted by Crippen LogP contribution is 2.25. The van der Waals surface area contributed by atoms with Crippen LogP contribution >= 0.6 is 0 Å². The van der Waals surface area contributed by atoms with Gasteiger partial charge in [-0.3, -0.25) is 9.29 Å². The summed E-state index contributed by atoms with van der Waals surface area (Å²) in [5.74, 6) is 3.48. The maximum Gasteiger partial charge on any atom is 0.261 e. The molecule has 0 spiro atoms. The van der Waals surface area contributed by atoms with Crippen molar-refractivity contribution in [3.05, 3.63) is 78.6 Å². The largest absolute Gasteiger partial charge is 0.494 e. The topological polar surface area (TPSA) is 108 Å². The molecule has 1 N–H and O–H groups in total. The quantitative estimate of drug-likeness (QED) is 0.414. The van der Waals surface area contributed by atoms with Gasteiger partial charge in [0.1, 0.15) is 29.0 Å². The van der Waals surface area contributed by atoms with Crippen molar-refractivity contribution in [2.24, 2.45) is 0 Å². The van der Waals surface area contributed by atoms with Crippen LogP contribution in [0.15, 0.2) is 71.9 Å². The SMILES string of the molecule is CCOc1ccc(S(=O)(=O)Nc2ccc(Oc3cc(-n4ccnc4C)nc(C)n3)cc2)cc1. The Morgan fingerprint density at radius 3 is 2.30 bits per heavy atom. The van der Waals surface area contributed by atoms with Gasteiger partial charge in [-0.15, -0.1) is 0 Å². The molecule has 0 atom stereocenters. The fourth-order valence-corrected chi connectivity index (χ4v) is 4.19. The molecule has 0 unspecified atom stereocenters. The number of benzene rings is 2. The molecular weight excluding hydrogens is 442 g/mol. The number of rotatable bonds is 8. The molecule has 9 nitrogen and oxygen atoms in total. The number of aromatic nitrogens is 4. The van der Waals surface area contributed by atoms with E-state index in [-0.39, 0.29) is 4.90 Å². The van der Waals surface area contributed by atoms with Crippen molar-refractivity contribution >= 4 is 15.7 Å². The van der Waals surface area contributed by atoms with Gasteiger partial charge in [-0.2, -0.15) is 4.98 Å². The van der Waals surface area contributed by atoms with Gasteiger partial charge in [0.15, 0.2) is 0 Å². The zero-order chi connectivity index (χ0) is 23.4. The second kappa shape index (κ2) is 9.29. The first-order valence-corrected chi connectivity index (χ1v) is 11.7. The molecule has 0 amide bonds. The van der Waals surface area contributed by atoms with Gasteiger partial charge in [-0.05, 0) is 69.3 Å².